The van der Waals surface area contributed by atoms with Crippen LogP contribution in [-0.4, -0.2) is 89.6 Å². The third-order valence-electron chi connectivity index (χ3n) is 6.62. The van der Waals surface area contributed by atoms with Gasteiger partial charge in [-0.25, -0.2) is 15.1 Å². The maximum Gasteiger partial charge on any atom is 0.419 e. The molecule has 14 heteroatoms. The van der Waals surface area contributed by atoms with E-state index < -0.39 is 11.7 Å². The van der Waals surface area contributed by atoms with Crippen molar-refractivity contribution in [1.29, 1.82) is 0 Å². The average molecular weight is 526 g/mol. The van der Waals surface area contributed by atoms with Gasteiger partial charge in [0.05, 0.1) is 49.7 Å². The molecule has 2 N–H and O–H groups in total. The van der Waals surface area contributed by atoms with Crippen LogP contribution in [0.3, 0.4) is 0 Å². The predicted molar refractivity (Wildman–Crippen MR) is 127 cm³/mol. The van der Waals surface area contributed by atoms with Gasteiger partial charge in [-0.1, -0.05) is 0 Å². The Bertz CT molecular complexity index is 1100. The van der Waals surface area contributed by atoms with Crippen LogP contribution in [0.1, 0.15) is 24.0 Å². The van der Waals surface area contributed by atoms with Gasteiger partial charge in [0.1, 0.15) is 0 Å². The van der Waals surface area contributed by atoms with E-state index >= 15 is 0 Å². The quantitative estimate of drug-likeness (QED) is 0.468. The van der Waals surface area contributed by atoms with Crippen molar-refractivity contribution < 1.29 is 27.4 Å². The summed E-state index contributed by atoms with van der Waals surface area (Å²) in [6.07, 6.45) is -0.309. The standard InChI is InChI=1S/C23H30F3N7O4/c1-15-18(12-29-31-21(15)35)30-19(16-2-8-36-13-16)14-37-9-3-20(34)32-4-6-33(7-5-32)22-27-10-17(11-28-22)23(24,25)26/h10-12,16,19H,2-9,13-14H2,1H3,(H2,30,31,35)/t16-,19+/m1/s1. The molecule has 0 saturated carbocycles. The summed E-state index contributed by atoms with van der Waals surface area (Å²) in [7, 11) is 0. The lowest BCUT2D eigenvalue weighted by Crippen LogP contribution is -2.49. The number of amides is 1. The smallest absolute Gasteiger partial charge is 0.381 e. The zero-order valence-electron chi connectivity index (χ0n) is 20.5. The first kappa shape index (κ1) is 26.8. The minimum atomic E-state index is -4.48. The number of carbonyl (C=O) groups is 1. The van der Waals surface area contributed by atoms with E-state index in [9.17, 15) is 22.8 Å². The summed E-state index contributed by atoms with van der Waals surface area (Å²) in [6, 6.07) is -0.104. The maximum absolute atomic E-state index is 12.7. The highest BCUT2D eigenvalue weighted by Gasteiger charge is 2.32. The van der Waals surface area contributed by atoms with Gasteiger partial charge in [-0.2, -0.15) is 18.3 Å². The second-order valence-corrected chi connectivity index (χ2v) is 9.07. The van der Waals surface area contributed by atoms with Crippen molar-refractivity contribution in [3.05, 3.63) is 40.1 Å². The number of hydrogen-bond donors (Lipinski definition) is 2. The van der Waals surface area contributed by atoms with E-state index in [4.69, 9.17) is 9.47 Å². The molecule has 1 amide bonds. The fraction of sp³-hybridized carbons (Fsp3) is 0.609. The number of hydrogen-bond acceptors (Lipinski definition) is 9. The zero-order chi connectivity index (χ0) is 26.4. The van der Waals surface area contributed by atoms with Crippen molar-refractivity contribution in [2.45, 2.75) is 32.0 Å². The van der Waals surface area contributed by atoms with E-state index in [0.29, 0.717) is 57.3 Å². The lowest BCUT2D eigenvalue weighted by Gasteiger charge is -2.34. The Labute approximate surface area is 211 Å². The Hall–Kier alpha value is -3.26. The van der Waals surface area contributed by atoms with Crippen molar-refractivity contribution in [2.24, 2.45) is 5.92 Å². The number of H-pyrrole nitrogens is 1. The topological polar surface area (TPSA) is 126 Å². The Balaban J connectivity index is 1.22. The molecule has 2 atom stereocenters. The second-order valence-electron chi connectivity index (χ2n) is 9.07. The van der Waals surface area contributed by atoms with Crippen molar-refractivity contribution >= 4 is 17.5 Å². The second kappa shape index (κ2) is 11.9. The van der Waals surface area contributed by atoms with Crippen molar-refractivity contribution in [3.8, 4) is 0 Å². The van der Waals surface area contributed by atoms with Crippen LogP contribution in [0, 0.1) is 12.8 Å². The van der Waals surface area contributed by atoms with Crippen LogP contribution < -0.4 is 15.8 Å². The van der Waals surface area contributed by atoms with Gasteiger partial charge in [-0.05, 0) is 13.3 Å². The molecular weight excluding hydrogens is 495 g/mol. The van der Waals surface area contributed by atoms with Gasteiger partial charge in [0.2, 0.25) is 11.9 Å². The molecule has 37 heavy (non-hydrogen) atoms. The SMILES string of the molecule is Cc1c(N[C@@H](COCCC(=O)N2CCN(c3ncc(C(F)(F)F)cn3)CC2)[C@@H]2CCOC2)cn[nH]c1=O. The number of nitrogens with zero attached hydrogens (tertiary/aromatic N) is 5. The molecule has 0 unspecified atom stereocenters. The number of ether oxygens (including phenoxy) is 2. The fourth-order valence-corrected chi connectivity index (χ4v) is 4.28. The van der Waals surface area contributed by atoms with E-state index in [0.717, 1.165) is 18.8 Å². The Kier molecular flexibility index (Phi) is 8.59. The number of alkyl halides is 3. The van der Waals surface area contributed by atoms with E-state index in [1.54, 1.807) is 22.9 Å². The third-order valence-corrected chi connectivity index (χ3v) is 6.62. The number of piperazine rings is 1. The summed E-state index contributed by atoms with van der Waals surface area (Å²) in [5.41, 5.74) is 0.0141. The molecule has 2 fully saturated rings. The summed E-state index contributed by atoms with van der Waals surface area (Å²) in [5, 5.41) is 9.61. The number of nitrogens with one attached hydrogen (secondary N) is 2. The van der Waals surface area contributed by atoms with Gasteiger partial charge in [0, 0.05) is 56.7 Å². The summed E-state index contributed by atoms with van der Waals surface area (Å²) in [6.45, 7) is 5.23. The van der Waals surface area contributed by atoms with Crippen LogP contribution in [-0.2, 0) is 20.4 Å². The predicted octanol–water partition coefficient (Wildman–Crippen LogP) is 1.46. The van der Waals surface area contributed by atoms with Crippen LogP contribution in [0.15, 0.2) is 23.4 Å². The van der Waals surface area contributed by atoms with E-state index in [1.807, 2.05) is 0 Å². The molecule has 4 rings (SSSR count). The maximum atomic E-state index is 12.7. The largest absolute Gasteiger partial charge is 0.419 e. The molecule has 2 saturated heterocycles. The molecule has 4 heterocycles. The first-order chi connectivity index (χ1) is 17.7. The van der Waals surface area contributed by atoms with Crippen LogP contribution in [0.4, 0.5) is 24.8 Å². The molecule has 0 radical (unpaired) electrons. The fourth-order valence-electron chi connectivity index (χ4n) is 4.28. The van der Waals surface area contributed by atoms with E-state index in [2.05, 4.69) is 25.5 Å². The molecule has 2 aromatic rings. The van der Waals surface area contributed by atoms with Crippen molar-refractivity contribution in [2.75, 3.05) is 62.8 Å². The zero-order valence-corrected chi connectivity index (χ0v) is 20.5. The van der Waals surface area contributed by atoms with E-state index in [1.165, 1.54) is 0 Å². The molecule has 2 aliphatic rings. The Morgan fingerprint density at radius 3 is 2.62 bits per heavy atom. The lowest BCUT2D eigenvalue weighted by atomic mass is 9.99. The summed E-state index contributed by atoms with van der Waals surface area (Å²) in [5.74, 6) is 0.356. The molecule has 0 spiro atoms. The summed E-state index contributed by atoms with van der Waals surface area (Å²) < 4.78 is 49.5. The van der Waals surface area contributed by atoms with Gasteiger partial charge in [0.15, 0.2) is 0 Å². The summed E-state index contributed by atoms with van der Waals surface area (Å²) >= 11 is 0. The minimum Gasteiger partial charge on any atom is -0.381 e. The molecule has 2 aromatic heterocycles. The van der Waals surface area contributed by atoms with E-state index in [-0.39, 0.29) is 42.4 Å². The number of aromatic amines is 1. The Morgan fingerprint density at radius 2 is 1.97 bits per heavy atom. The monoisotopic (exact) mass is 525 g/mol. The lowest BCUT2D eigenvalue weighted by molar-refractivity contribution is -0.138. The molecule has 202 valence electrons. The highest BCUT2D eigenvalue weighted by Crippen LogP contribution is 2.28. The normalized spacial score (nSPS) is 19.2. The van der Waals surface area contributed by atoms with Crippen LogP contribution in [0.5, 0.6) is 0 Å². The molecule has 0 bridgehead atoms. The number of halogens is 3. The molecule has 2 aliphatic heterocycles. The average Bonchev–Trinajstić information content (AvgIpc) is 3.43. The van der Waals surface area contributed by atoms with Crippen LogP contribution in [0.25, 0.3) is 0 Å². The van der Waals surface area contributed by atoms with Crippen molar-refractivity contribution in [3.63, 3.8) is 0 Å². The molecule has 0 aromatic carbocycles. The highest BCUT2D eigenvalue weighted by molar-refractivity contribution is 5.76. The third kappa shape index (κ3) is 6.95. The number of anilines is 2. The number of rotatable bonds is 9. The van der Waals surface area contributed by atoms with Gasteiger partial charge >= 0.3 is 6.18 Å². The molecule has 0 aliphatic carbocycles. The van der Waals surface area contributed by atoms with Crippen molar-refractivity contribution in [1.82, 2.24) is 25.1 Å². The first-order valence-electron chi connectivity index (χ1n) is 12.1. The highest BCUT2D eigenvalue weighted by atomic mass is 19.4. The van der Waals surface area contributed by atoms with Gasteiger partial charge < -0.3 is 24.6 Å². The van der Waals surface area contributed by atoms with Crippen LogP contribution in [0.2, 0.25) is 0 Å². The molecule has 11 nitrogen and oxygen atoms in total. The van der Waals surface area contributed by atoms with Gasteiger partial charge in [-0.15, -0.1) is 0 Å². The number of carbonyl (C=O) groups excluding carboxylic acids is 1. The minimum absolute atomic E-state index is 0.0589. The molecular formula is C23H30F3N7O4. The Morgan fingerprint density at radius 1 is 1.24 bits per heavy atom. The first-order valence-corrected chi connectivity index (χ1v) is 12.1. The van der Waals surface area contributed by atoms with Gasteiger partial charge in [-0.3, -0.25) is 9.59 Å². The number of aromatic nitrogens is 4. The summed E-state index contributed by atoms with van der Waals surface area (Å²) in [4.78, 5) is 35.6. The van der Waals surface area contributed by atoms with Gasteiger partial charge in [0.25, 0.3) is 5.56 Å². The van der Waals surface area contributed by atoms with Crippen LogP contribution >= 0.6 is 0 Å².